The molecule has 2 N–H and O–H groups in total. The second kappa shape index (κ2) is 3.03. The van der Waals surface area contributed by atoms with Crippen LogP contribution in [0.4, 0.5) is 0 Å². The van der Waals surface area contributed by atoms with Crippen LogP contribution >= 0.6 is 11.6 Å². The third kappa shape index (κ3) is 1.49. The van der Waals surface area contributed by atoms with Crippen molar-refractivity contribution in [1.29, 1.82) is 0 Å². The van der Waals surface area contributed by atoms with E-state index in [0.717, 1.165) is 5.76 Å². The molecule has 0 spiro atoms. The van der Waals surface area contributed by atoms with Crippen molar-refractivity contribution in [2.45, 2.75) is 25.2 Å². The Labute approximate surface area is 83.1 Å². The van der Waals surface area contributed by atoms with Crippen molar-refractivity contribution in [3.8, 4) is 0 Å². The maximum atomic E-state index is 5.79. The topological polar surface area (TPSA) is 39.2 Å². The highest BCUT2D eigenvalue weighted by Gasteiger charge is 2.43. The average molecular weight is 200 g/mol. The van der Waals surface area contributed by atoms with Gasteiger partial charge in [0, 0.05) is 12.0 Å². The maximum Gasteiger partial charge on any atom is 0.193 e. The van der Waals surface area contributed by atoms with Gasteiger partial charge in [0.05, 0.1) is 0 Å². The Morgan fingerprint density at radius 3 is 2.69 bits per heavy atom. The van der Waals surface area contributed by atoms with E-state index in [4.69, 9.17) is 21.8 Å². The minimum Gasteiger partial charge on any atom is -0.449 e. The first-order valence-electron chi connectivity index (χ1n) is 4.62. The molecular weight excluding hydrogens is 186 g/mol. The number of furan rings is 1. The van der Waals surface area contributed by atoms with Gasteiger partial charge in [-0.05, 0) is 42.5 Å². The molecule has 0 radical (unpaired) electrons. The number of hydrogen-bond donors (Lipinski definition) is 1. The van der Waals surface area contributed by atoms with Gasteiger partial charge in [-0.2, -0.15) is 0 Å². The molecule has 1 aromatic rings. The van der Waals surface area contributed by atoms with Crippen LogP contribution in [-0.2, 0) is 5.41 Å². The normalized spacial score (nSPS) is 21.5. The van der Waals surface area contributed by atoms with Gasteiger partial charge in [-0.1, -0.05) is 6.92 Å². The van der Waals surface area contributed by atoms with Gasteiger partial charge in [-0.25, -0.2) is 0 Å². The van der Waals surface area contributed by atoms with E-state index in [1.165, 1.54) is 12.8 Å². The minimum atomic E-state index is -0.00681. The van der Waals surface area contributed by atoms with Crippen molar-refractivity contribution in [3.05, 3.63) is 23.1 Å². The molecule has 1 aliphatic rings. The third-order valence-corrected chi connectivity index (χ3v) is 3.24. The lowest BCUT2D eigenvalue weighted by Gasteiger charge is -2.25. The minimum absolute atomic E-state index is 0.00681. The highest BCUT2D eigenvalue weighted by atomic mass is 35.5. The van der Waals surface area contributed by atoms with Crippen LogP contribution in [0, 0.1) is 5.92 Å². The predicted molar refractivity (Wildman–Crippen MR) is 52.8 cm³/mol. The summed E-state index contributed by atoms with van der Waals surface area (Å²) in [4.78, 5) is 0. The number of halogens is 1. The summed E-state index contributed by atoms with van der Waals surface area (Å²) in [5.74, 6) is 1.61. The second-order valence-electron chi connectivity index (χ2n) is 4.00. The van der Waals surface area contributed by atoms with Crippen LogP contribution in [0.5, 0.6) is 0 Å². The molecule has 1 saturated carbocycles. The van der Waals surface area contributed by atoms with Crippen molar-refractivity contribution in [2.75, 3.05) is 6.54 Å². The van der Waals surface area contributed by atoms with Gasteiger partial charge in [0.2, 0.25) is 0 Å². The van der Waals surface area contributed by atoms with Crippen LogP contribution in [0.15, 0.2) is 16.5 Å². The fourth-order valence-electron chi connectivity index (χ4n) is 1.81. The summed E-state index contributed by atoms with van der Waals surface area (Å²) in [6.45, 7) is 2.78. The molecule has 1 atom stereocenters. The number of nitrogens with two attached hydrogens (primary N) is 1. The zero-order chi connectivity index (χ0) is 9.47. The lowest BCUT2D eigenvalue weighted by molar-refractivity contribution is 0.329. The highest BCUT2D eigenvalue weighted by molar-refractivity contribution is 6.28. The van der Waals surface area contributed by atoms with Gasteiger partial charge in [-0.15, -0.1) is 0 Å². The zero-order valence-corrected chi connectivity index (χ0v) is 8.47. The molecule has 0 bridgehead atoms. The molecule has 13 heavy (non-hydrogen) atoms. The van der Waals surface area contributed by atoms with E-state index in [9.17, 15) is 0 Å². The molecule has 72 valence electrons. The summed E-state index contributed by atoms with van der Waals surface area (Å²) < 4.78 is 5.43. The first kappa shape index (κ1) is 9.10. The van der Waals surface area contributed by atoms with E-state index in [0.29, 0.717) is 17.7 Å². The van der Waals surface area contributed by atoms with Gasteiger partial charge in [-0.3, -0.25) is 0 Å². The third-order valence-electron chi connectivity index (χ3n) is 3.04. The molecule has 1 unspecified atom stereocenters. The standard InChI is InChI=1S/C10H14ClNO/c1-10(6-12,7-2-3-7)8-4-5-9(11)13-8/h4-5,7H,2-3,6,12H2,1H3. The van der Waals surface area contributed by atoms with E-state index in [1.807, 2.05) is 6.07 Å². The van der Waals surface area contributed by atoms with Crippen LogP contribution in [0.2, 0.25) is 5.22 Å². The predicted octanol–water partition coefficient (Wildman–Crippen LogP) is 2.56. The van der Waals surface area contributed by atoms with Gasteiger partial charge in [0.25, 0.3) is 0 Å². The van der Waals surface area contributed by atoms with Gasteiger partial charge in [0.15, 0.2) is 5.22 Å². The lowest BCUT2D eigenvalue weighted by Crippen LogP contribution is -2.33. The van der Waals surface area contributed by atoms with Crippen LogP contribution in [0.3, 0.4) is 0 Å². The Bertz CT molecular complexity index is 306. The maximum absolute atomic E-state index is 5.79. The second-order valence-corrected chi connectivity index (χ2v) is 4.37. The van der Waals surface area contributed by atoms with Gasteiger partial charge < -0.3 is 10.2 Å². The molecule has 2 rings (SSSR count). The van der Waals surface area contributed by atoms with Gasteiger partial charge >= 0.3 is 0 Å². The Balaban J connectivity index is 2.29. The van der Waals surface area contributed by atoms with Crippen molar-refractivity contribution in [1.82, 2.24) is 0 Å². The monoisotopic (exact) mass is 199 g/mol. The van der Waals surface area contributed by atoms with Crippen molar-refractivity contribution in [3.63, 3.8) is 0 Å². The summed E-state index contributed by atoms with van der Waals surface area (Å²) >= 11 is 5.74. The van der Waals surface area contributed by atoms with Gasteiger partial charge in [0.1, 0.15) is 5.76 Å². The van der Waals surface area contributed by atoms with E-state index >= 15 is 0 Å². The number of rotatable bonds is 3. The molecular formula is C10H14ClNO. The largest absolute Gasteiger partial charge is 0.449 e. The first-order chi connectivity index (χ1) is 6.16. The summed E-state index contributed by atoms with van der Waals surface area (Å²) in [5.41, 5.74) is 5.78. The Kier molecular flexibility index (Phi) is 2.12. The number of hydrogen-bond acceptors (Lipinski definition) is 2. The van der Waals surface area contributed by atoms with Crippen molar-refractivity contribution < 1.29 is 4.42 Å². The van der Waals surface area contributed by atoms with E-state index in [-0.39, 0.29) is 5.41 Å². The summed E-state index contributed by atoms with van der Waals surface area (Å²) in [7, 11) is 0. The fourth-order valence-corrected chi connectivity index (χ4v) is 1.96. The Morgan fingerprint density at radius 2 is 2.31 bits per heavy atom. The molecule has 0 aliphatic heterocycles. The molecule has 1 aliphatic carbocycles. The lowest BCUT2D eigenvalue weighted by atomic mass is 9.82. The molecule has 0 aromatic carbocycles. The molecule has 0 saturated heterocycles. The first-order valence-corrected chi connectivity index (χ1v) is 5.00. The van der Waals surface area contributed by atoms with Crippen molar-refractivity contribution >= 4 is 11.6 Å². The van der Waals surface area contributed by atoms with Crippen LogP contribution in [-0.4, -0.2) is 6.54 Å². The zero-order valence-electron chi connectivity index (χ0n) is 7.72. The molecule has 1 heterocycles. The molecule has 1 fully saturated rings. The fraction of sp³-hybridized carbons (Fsp3) is 0.600. The van der Waals surface area contributed by atoms with Crippen LogP contribution < -0.4 is 5.73 Å². The average Bonchev–Trinajstić information content (AvgIpc) is 2.89. The Hall–Kier alpha value is -0.470. The summed E-state index contributed by atoms with van der Waals surface area (Å²) in [5, 5.41) is 0.454. The SMILES string of the molecule is CC(CN)(c1ccc(Cl)o1)C1CC1. The summed E-state index contributed by atoms with van der Waals surface area (Å²) in [6.07, 6.45) is 2.51. The molecule has 1 aromatic heterocycles. The summed E-state index contributed by atoms with van der Waals surface area (Å²) in [6, 6.07) is 3.72. The molecule has 3 heteroatoms. The molecule has 2 nitrogen and oxygen atoms in total. The smallest absolute Gasteiger partial charge is 0.193 e. The quantitative estimate of drug-likeness (QED) is 0.813. The van der Waals surface area contributed by atoms with E-state index < -0.39 is 0 Å². The van der Waals surface area contributed by atoms with E-state index in [1.54, 1.807) is 6.07 Å². The van der Waals surface area contributed by atoms with Crippen molar-refractivity contribution in [2.24, 2.45) is 11.7 Å². The molecule has 0 amide bonds. The van der Waals surface area contributed by atoms with Crippen LogP contribution in [0.1, 0.15) is 25.5 Å². The van der Waals surface area contributed by atoms with E-state index in [2.05, 4.69) is 6.92 Å². The van der Waals surface area contributed by atoms with Crippen LogP contribution in [0.25, 0.3) is 0 Å². The Morgan fingerprint density at radius 1 is 1.62 bits per heavy atom. The highest BCUT2D eigenvalue weighted by Crippen LogP contribution is 2.47.